The minimum Gasteiger partial charge on any atom is -0.346 e. The number of amides is 2. The molecule has 0 bridgehead atoms. The van der Waals surface area contributed by atoms with Crippen LogP contribution in [0.1, 0.15) is 23.6 Å². The van der Waals surface area contributed by atoms with Crippen LogP contribution < -0.4 is 10.6 Å². The topological polar surface area (TPSA) is 61.4 Å². The summed E-state index contributed by atoms with van der Waals surface area (Å²) in [5.74, 6) is -2.48. The molecule has 2 rings (SSSR count). The van der Waals surface area contributed by atoms with Gasteiger partial charge in [0.25, 0.3) is 0 Å². The number of benzene rings is 2. The van der Waals surface area contributed by atoms with Gasteiger partial charge in [-0.1, -0.05) is 24.3 Å². The molecule has 2 aromatic rings. The SMILES string of the molecule is Cc1cccc(C)c1NC(=O)CNC(=O)C(C)N(C)Cc1ccc(F)c(F)c1. The summed E-state index contributed by atoms with van der Waals surface area (Å²) in [6, 6.07) is 8.79. The highest BCUT2D eigenvalue weighted by Crippen LogP contribution is 2.19. The molecular weight excluding hydrogens is 364 g/mol. The first kappa shape index (κ1) is 21.5. The number of hydrogen-bond donors (Lipinski definition) is 2. The number of anilines is 1. The van der Waals surface area contributed by atoms with Crippen LogP contribution in [-0.4, -0.2) is 36.3 Å². The van der Waals surface area contributed by atoms with Crippen molar-refractivity contribution in [1.29, 1.82) is 0 Å². The summed E-state index contributed by atoms with van der Waals surface area (Å²) in [5, 5.41) is 5.41. The van der Waals surface area contributed by atoms with Gasteiger partial charge in [-0.2, -0.15) is 0 Å². The fraction of sp³-hybridized carbons (Fsp3) is 0.333. The maximum atomic E-state index is 13.3. The maximum Gasteiger partial charge on any atom is 0.243 e. The molecule has 1 unspecified atom stereocenters. The fourth-order valence-corrected chi connectivity index (χ4v) is 2.77. The van der Waals surface area contributed by atoms with Crippen LogP contribution >= 0.6 is 0 Å². The quantitative estimate of drug-likeness (QED) is 0.765. The van der Waals surface area contributed by atoms with Crippen molar-refractivity contribution >= 4 is 17.5 Å². The normalized spacial score (nSPS) is 12.0. The Labute approximate surface area is 163 Å². The van der Waals surface area contributed by atoms with Crippen molar-refractivity contribution < 1.29 is 18.4 Å². The van der Waals surface area contributed by atoms with Gasteiger partial charge in [-0.15, -0.1) is 0 Å². The van der Waals surface area contributed by atoms with Gasteiger partial charge in [-0.3, -0.25) is 14.5 Å². The molecule has 0 aliphatic rings. The van der Waals surface area contributed by atoms with Crippen molar-refractivity contribution in [2.75, 3.05) is 18.9 Å². The summed E-state index contributed by atoms with van der Waals surface area (Å²) in [6.07, 6.45) is 0. The molecule has 0 aliphatic heterocycles. The third kappa shape index (κ3) is 5.60. The molecule has 0 aromatic heterocycles. The number of likely N-dealkylation sites (N-methyl/N-ethyl adjacent to an activating group) is 1. The number of hydrogen-bond acceptors (Lipinski definition) is 3. The van der Waals surface area contributed by atoms with Crippen molar-refractivity contribution in [3.8, 4) is 0 Å². The molecule has 2 amide bonds. The lowest BCUT2D eigenvalue weighted by Gasteiger charge is -2.24. The Morgan fingerprint density at radius 1 is 1.07 bits per heavy atom. The summed E-state index contributed by atoms with van der Waals surface area (Å²) in [4.78, 5) is 26.2. The average molecular weight is 389 g/mol. The summed E-state index contributed by atoms with van der Waals surface area (Å²) in [6.45, 7) is 5.59. The van der Waals surface area contributed by atoms with Crippen molar-refractivity contribution in [3.63, 3.8) is 0 Å². The van der Waals surface area contributed by atoms with E-state index in [9.17, 15) is 18.4 Å². The summed E-state index contributed by atoms with van der Waals surface area (Å²) in [5.41, 5.74) is 3.18. The summed E-state index contributed by atoms with van der Waals surface area (Å²) < 4.78 is 26.3. The Hall–Kier alpha value is -2.80. The molecule has 1 atom stereocenters. The largest absolute Gasteiger partial charge is 0.346 e. The zero-order chi connectivity index (χ0) is 20.8. The van der Waals surface area contributed by atoms with E-state index in [0.29, 0.717) is 5.56 Å². The Bertz CT molecular complexity index is 850. The maximum absolute atomic E-state index is 13.3. The lowest BCUT2D eigenvalue weighted by molar-refractivity contribution is -0.127. The molecule has 0 saturated carbocycles. The third-order valence-corrected chi connectivity index (χ3v) is 4.63. The van der Waals surface area contributed by atoms with Crippen molar-refractivity contribution in [2.24, 2.45) is 0 Å². The zero-order valence-corrected chi connectivity index (χ0v) is 16.5. The summed E-state index contributed by atoms with van der Waals surface area (Å²) >= 11 is 0. The van der Waals surface area contributed by atoms with Gasteiger partial charge in [-0.25, -0.2) is 8.78 Å². The van der Waals surface area contributed by atoms with E-state index in [1.807, 2.05) is 32.0 Å². The molecule has 0 spiro atoms. The molecule has 0 heterocycles. The molecule has 28 heavy (non-hydrogen) atoms. The lowest BCUT2D eigenvalue weighted by atomic mass is 10.1. The highest BCUT2D eigenvalue weighted by atomic mass is 19.2. The predicted molar refractivity (Wildman–Crippen MR) is 105 cm³/mol. The number of halogens is 2. The first-order chi connectivity index (χ1) is 13.2. The first-order valence-corrected chi connectivity index (χ1v) is 8.97. The van der Waals surface area contributed by atoms with E-state index in [2.05, 4.69) is 10.6 Å². The highest BCUT2D eigenvalue weighted by Gasteiger charge is 2.19. The molecule has 0 radical (unpaired) electrons. The third-order valence-electron chi connectivity index (χ3n) is 4.63. The van der Waals surface area contributed by atoms with E-state index in [1.165, 1.54) is 6.07 Å². The van der Waals surface area contributed by atoms with E-state index < -0.39 is 17.7 Å². The monoisotopic (exact) mass is 389 g/mol. The van der Waals surface area contributed by atoms with Gasteiger partial charge in [0.1, 0.15) is 0 Å². The Morgan fingerprint density at radius 3 is 2.32 bits per heavy atom. The van der Waals surface area contributed by atoms with Crippen molar-refractivity contribution in [1.82, 2.24) is 10.2 Å². The van der Waals surface area contributed by atoms with Crippen LogP contribution in [0, 0.1) is 25.5 Å². The molecule has 2 N–H and O–H groups in total. The standard InChI is InChI=1S/C21H25F2N3O2/c1-13-6-5-7-14(2)20(13)25-19(27)11-24-21(28)15(3)26(4)12-16-8-9-17(22)18(23)10-16/h5-10,15H,11-12H2,1-4H3,(H,24,28)(H,25,27). The molecule has 7 heteroatoms. The molecule has 2 aromatic carbocycles. The van der Waals surface area contributed by atoms with Gasteiger partial charge >= 0.3 is 0 Å². The second kappa shape index (κ2) is 9.41. The van der Waals surface area contributed by atoms with Crippen LogP contribution in [0.5, 0.6) is 0 Å². The number of nitrogens with zero attached hydrogens (tertiary/aromatic N) is 1. The number of para-hydroxylation sites is 1. The number of aryl methyl sites for hydroxylation is 2. The Kier molecular flexibility index (Phi) is 7.23. The average Bonchev–Trinajstić information content (AvgIpc) is 2.65. The number of rotatable bonds is 7. The van der Waals surface area contributed by atoms with Crippen LogP contribution in [0.3, 0.4) is 0 Å². The minimum absolute atomic E-state index is 0.157. The van der Waals surface area contributed by atoms with Gasteiger partial charge in [0.05, 0.1) is 12.6 Å². The van der Waals surface area contributed by atoms with Gasteiger partial charge in [0.15, 0.2) is 11.6 Å². The minimum atomic E-state index is -0.925. The number of carbonyl (C=O) groups excluding carboxylic acids is 2. The van der Waals surface area contributed by atoms with Crippen molar-refractivity contribution in [2.45, 2.75) is 33.4 Å². The number of nitrogens with one attached hydrogen (secondary N) is 2. The van der Waals surface area contributed by atoms with E-state index >= 15 is 0 Å². The van der Waals surface area contributed by atoms with Gasteiger partial charge in [0, 0.05) is 12.2 Å². The van der Waals surface area contributed by atoms with Gasteiger partial charge in [-0.05, 0) is 56.6 Å². The summed E-state index contributed by atoms with van der Waals surface area (Å²) in [7, 11) is 1.70. The molecule has 0 fully saturated rings. The fourth-order valence-electron chi connectivity index (χ4n) is 2.77. The Morgan fingerprint density at radius 2 is 1.71 bits per heavy atom. The van der Waals surface area contributed by atoms with Gasteiger partial charge < -0.3 is 10.6 Å². The van der Waals surface area contributed by atoms with Crippen LogP contribution in [0.25, 0.3) is 0 Å². The molecule has 150 valence electrons. The van der Waals surface area contributed by atoms with Crippen molar-refractivity contribution in [3.05, 3.63) is 64.7 Å². The molecule has 0 aliphatic carbocycles. The molecular formula is C21H25F2N3O2. The Balaban J connectivity index is 1.87. The van der Waals surface area contributed by atoms with Gasteiger partial charge in [0.2, 0.25) is 11.8 Å². The molecule has 0 saturated heterocycles. The van der Waals surface area contributed by atoms with Crippen LogP contribution in [0.4, 0.5) is 14.5 Å². The van der Waals surface area contributed by atoms with E-state index in [4.69, 9.17) is 0 Å². The van der Waals surface area contributed by atoms with E-state index in [0.717, 1.165) is 28.9 Å². The first-order valence-electron chi connectivity index (χ1n) is 8.97. The molecule has 5 nitrogen and oxygen atoms in total. The van der Waals surface area contributed by atoms with E-state index in [-0.39, 0.29) is 24.9 Å². The second-order valence-electron chi connectivity index (χ2n) is 6.87. The highest BCUT2D eigenvalue weighted by molar-refractivity contribution is 5.96. The predicted octanol–water partition coefficient (Wildman–Crippen LogP) is 3.16. The smallest absolute Gasteiger partial charge is 0.243 e. The van der Waals surface area contributed by atoms with Crippen LogP contribution in [0.2, 0.25) is 0 Å². The van der Waals surface area contributed by atoms with E-state index in [1.54, 1.807) is 18.9 Å². The van der Waals surface area contributed by atoms with Crippen LogP contribution in [0.15, 0.2) is 36.4 Å². The van der Waals surface area contributed by atoms with Crippen LogP contribution in [-0.2, 0) is 16.1 Å². The lowest BCUT2D eigenvalue weighted by Crippen LogP contribution is -2.45. The number of carbonyl (C=O) groups is 2. The second-order valence-corrected chi connectivity index (χ2v) is 6.87. The zero-order valence-electron chi connectivity index (χ0n) is 16.5.